The fourth-order valence-electron chi connectivity index (χ4n) is 1.79. The Labute approximate surface area is 112 Å². The van der Waals surface area contributed by atoms with Gasteiger partial charge in [0.25, 0.3) is 0 Å². The van der Waals surface area contributed by atoms with Gasteiger partial charge in [0.05, 0.1) is 25.1 Å². The lowest BCUT2D eigenvalue weighted by atomic mass is 10.2. The average Bonchev–Trinajstić information content (AvgIpc) is 2.84. The molecule has 19 heavy (non-hydrogen) atoms. The van der Waals surface area contributed by atoms with Crippen LogP contribution in [0, 0.1) is 5.82 Å². The number of ether oxygens (including phenoxy) is 1. The first-order valence-electron chi connectivity index (χ1n) is 5.39. The van der Waals surface area contributed by atoms with E-state index < -0.39 is 5.82 Å². The van der Waals surface area contributed by atoms with Crippen LogP contribution in [0.4, 0.5) is 4.39 Å². The third-order valence-corrected chi connectivity index (χ3v) is 2.96. The van der Waals surface area contributed by atoms with Crippen LogP contribution in [0.25, 0.3) is 17.0 Å². The maximum Gasteiger partial charge on any atom is 0.180 e. The number of hydrogen-bond acceptors (Lipinski definition) is 4. The summed E-state index contributed by atoms with van der Waals surface area (Å²) in [6.07, 6.45) is 2.95. The Hall–Kier alpha value is -2.21. The number of aromatic nitrogens is 4. The van der Waals surface area contributed by atoms with E-state index >= 15 is 0 Å². The summed E-state index contributed by atoms with van der Waals surface area (Å²) in [4.78, 5) is 3.90. The molecule has 0 amide bonds. The summed E-state index contributed by atoms with van der Waals surface area (Å²) in [6.45, 7) is 0. The normalized spacial score (nSPS) is 10.9. The monoisotopic (exact) mass is 278 g/mol. The van der Waals surface area contributed by atoms with Crippen molar-refractivity contribution in [2.75, 3.05) is 7.11 Å². The van der Waals surface area contributed by atoms with Crippen molar-refractivity contribution in [3.05, 3.63) is 41.6 Å². The quantitative estimate of drug-likeness (QED) is 0.723. The molecule has 0 N–H and O–H groups in total. The van der Waals surface area contributed by atoms with Gasteiger partial charge < -0.3 is 4.74 Å². The summed E-state index contributed by atoms with van der Waals surface area (Å²) in [5.74, 6) is 0.298. The van der Waals surface area contributed by atoms with E-state index in [1.807, 2.05) is 0 Å². The van der Waals surface area contributed by atoms with Gasteiger partial charge in [-0.3, -0.25) is 9.38 Å². The van der Waals surface area contributed by atoms with Crippen molar-refractivity contribution in [1.29, 1.82) is 0 Å². The molecule has 5 nitrogen and oxygen atoms in total. The predicted octanol–water partition coefficient (Wildman–Crippen LogP) is 2.59. The maximum atomic E-state index is 14.0. The van der Waals surface area contributed by atoms with Crippen LogP contribution in [0.2, 0.25) is 5.15 Å². The van der Waals surface area contributed by atoms with Crippen molar-refractivity contribution in [1.82, 2.24) is 19.6 Å². The first-order valence-corrected chi connectivity index (χ1v) is 5.77. The number of rotatable bonds is 2. The van der Waals surface area contributed by atoms with Crippen LogP contribution in [0.3, 0.4) is 0 Å². The van der Waals surface area contributed by atoms with Gasteiger partial charge in [0.1, 0.15) is 16.7 Å². The Balaban J connectivity index is 2.25. The Morgan fingerprint density at radius 3 is 2.84 bits per heavy atom. The Morgan fingerprint density at radius 1 is 1.26 bits per heavy atom. The molecule has 0 atom stereocenters. The van der Waals surface area contributed by atoms with Gasteiger partial charge in [-0.15, -0.1) is 10.2 Å². The molecule has 3 aromatic rings. The highest BCUT2D eigenvalue weighted by molar-refractivity contribution is 6.29. The summed E-state index contributed by atoms with van der Waals surface area (Å²) >= 11 is 6.04. The molecule has 0 fully saturated rings. The fraction of sp³-hybridized carbons (Fsp3) is 0.0833. The zero-order valence-electron chi connectivity index (χ0n) is 9.84. The third kappa shape index (κ3) is 1.90. The Morgan fingerprint density at radius 2 is 2.11 bits per heavy atom. The van der Waals surface area contributed by atoms with Crippen molar-refractivity contribution >= 4 is 17.2 Å². The van der Waals surface area contributed by atoms with Gasteiger partial charge in [0.15, 0.2) is 11.5 Å². The number of hydrogen-bond donors (Lipinski definition) is 0. The zero-order chi connectivity index (χ0) is 13.4. The second kappa shape index (κ2) is 4.47. The van der Waals surface area contributed by atoms with Gasteiger partial charge in [0, 0.05) is 6.07 Å². The van der Waals surface area contributed by atoms with E-state index in [1.165, 1.54) is 30.0 Å². The molecule has 0 bridgehead atoms. The number of halogens is 2. The number of methoxy groups -OCH3 is 1. The molecule has 96 valence electrons. The van der Waals surface area contributed by atoms with E-state index in [0.29, 0.717) is 27.9 Å². The maximum absolute atomic E-state index is 14.0. The molecule has 0 saturated carbocycles. The molecule has 0 aliphatic carbocycles. The standard InChI is InChI=1S/C12H8ClFN4O/c1-19-7-2-3-8(9(14)4-7)12-17-16-11-6-15-5-10(13)18(11)12/h2-6H,1H3. The van der Waals surface area contributed by atoms with E-state index in [9.17, 15) is 4.39 Å². The summed E-state index contributed by atoms with van der Waals surface area (Å²) in [5.41, 5.74) is 0.749. The fourth-order valence-corrected chi connectivity index (χ4v) is 2.02. The molecule has 0 saturated heterocycles. The minimum Gasteiger partial charge on any atom is -0.497 e. The average molecular weight is 279 g/mol. The predicted molar refractivity (Wildman–Crippen MR) is 67.7 cm³/mol. The molecular formula is C12H8ClFN4O. The highest BCUT2D eigenvalue weighted by Gasteiger charge is 2.15. The molecular weight excluding hydrogens is 271 g/mol. The number of benzene rings is 1. The molecule has 0 spiro atoms. The van der Waals surface area contributed by atoms with Crippen molar-refractivity contribution in [2.45, 2.75) is 0 Å². The lowest BCUT2D eigenvalue weighted by molar-refractivity contribution is 0.411. The molecule has 0 aliphatic heterocycles. The molecule has 3 rings (SSSR count). The number of fused-ring (bicyclic) bond motifs is 1. The van der Waals surface area contributed by atoms with Gasteiger partial charge in [-0.05, 0) is 12.1 Å². The van der Waals surface area contributed by atoms with Crippen LogP contribution in [0.1, 0.15) is 0 Å². The van der Waals surface area contributed by atoms with Crippen molar-refractivity contribution in [3.63, 3.8) is 0 Å². The Kier molecular flexibility index (Phi) is 2.79. The summed E-state index contributed by atoms with van der Waals surface area (Å²) in [7, 11) is 1.48. The smallest absolute Gasteiger partial charge is 0.180 e. The van der Waals surface area contributed by atoms with Crippen LogP contribution < -0.4 is 4.74 Å². The minimum atomic E-state index is -0.457. The van der Waals surface area contributed by atoms with E-state index in [1.54, 1.807) is 12.1 Å². The zero-order valence-corrected chi connectivity index (χ0v) is 10.6. The van der Waals surface area contributed by atoms with Gasteiger partial charge in [0.2, 0.25) is 0 Å². The van der Waals surface area contributed by atoms with Crippen molar-refractivity contribution in [3.8, 4) is 17.1 Å². The topological polar surface area (TPSA) is 52.3 Å². The molecule has 0 aliphatic rings. The summed E-state index contributed by atoms with van der Waals surface area (Å²) in [5, 5.41) is 8.17. The SMILES string of the molecule is COc1ccc(-c2nnc3cncc(Cl)n23)c(F)c1. The minimum absolute atomic E-state index is 0.293. The van der Waals surface area contributed by atoms with Crippen molar-refractivity contribution in [2.24, 2.45) is 0 Å². The van der Waals surface area contributed by atoms with Crippen molar-refractivity contribution < 1.29 is 9.13 Å². The summed E-state index contributed by atoms with van der Waals surface area (Å²) < 4.78 is 20.5. The van der Waals surface area contributed by atoms with E-state index in [-0.39, 0.29) is 0 Å². The highest BCUT2D eigenvalue weighted by atomic mass is 35.5. The first kappa shape index (κ1) is 11.9. The van der Waals surface area contributed by atoms with E-state index in [4.69, 9.17) is 16.3 Å². The lowest BCUT2D eigenvalue weighted by Gasteiger charge is -2.05. The van der Waals surface area contributed by atoms with Gasteiger partial charge in [-0.1, -0.05) is 11.6 Å². The Bertz CT molecular complexity index is 759. The third-order valence-electron chi connectivity index (χ3n) is 2.69. The number of nitrogens with zero attached hydrogens (tertiary/aromatic N) is 4. The molecule has 1 aromatic carbocycles. The van der Waals surface area contributed by atoms with Crippen LogP contribution in [0.5, 0.6) is 5.75 Å². The van der Waals surface area contributed by atoms with Crippen LogP contribution in [0.15, 0.2) is 30.6 Å². The second-order valence-electron chi connectivity index (χ2n) is 3.79. The second-order valence-corrected chi connectivity index (χ2v) is 4.18. The lowest BCUT2D eigenvalue weighted by Crippen LogP contribution is -1.95. The van der Waals surface area contributed by atoms with Crippen LogP contribution >= 0.6 is 11.6 Å². The van der Waals surface area contributed by atoms with Gasteiger partial charge in [-0.25, -0.2) is 4.39 Å². The van der Waals surface area contributed by atoms with Gasteiger partial charge >= 0.3 is 0 Å². The van der Waals surface area contributed by atoms with Gasteiger partial charge in [-0.2, -0.15) is 0 Å². The molecule has 0 unspecified atom stereocenters. The van der Waals surface area contributed by atoms with Crippen LogP contribution in [-0.2, 0) is 0 Å². The molecule has 2 heterocycles. The van der Waals surface area contributed by atoms with E-state index in [2.05, 4.69) is 15.2 Å². The molecule has 2 aromatic heterocycles. The highest BCUT2D eigenvalue weighted by Crippen LogP contribution is 2.26. The van der Waals surface area contributed by atoms with E-state index in [0.717, 1.165) is 0 Å². The first-order chi connectivity index (χ1) is 9.20. The summed E-state index contributed by atoms with van der Waals surface area (Å²) in [6, 6.07) is 4.50. The van der Waals surface area contributed by atoms with Crippen LogP contribution in [-0.4, -0.2) is 26.7 Å². The molecule has 0 radical (unpaired) electrons. The molecule has 7 heteroatoms. The largest absolute Gasteiger partial charge is 0.497 e.